The Bertz CT molecular complexity index is 2540. The maximum absolute atomic E-state index is 16.1. The summed E-state index contributed by atoms with van der Waals surface area (Å²) >= 11 is 0. The van der Waals surface area contributed by atoms with Gasteiger partial charge in [-0.05, 0) is 78.3 Å². The lowest BCUT2D eigenvalue weighted by molar-refractivity contribution is 0.590. The first-order valence-electron chi connectivity index (χ1n) is 21.0. The maximum atomic E-state index is 16.1. The van der Waals surface area contributed by atoms with E-state index in [2.05, 4.69) is 217 Å². The molecule has 1 radical (unpaired) electrons. The monoisotopic (exact) mass is 777 g/mol. The van der Waals surface area contributed by atoms with Gasteiger partial charge in [0.2, 0.25) is 0 Å². The van der Waals surface area contributed by atoms with Crippen molar-refractivity contribution >= 4 is 24.5 Å². The van der Waals surface area contributed by atoms with Crippen LogP contribution in [0, 0.1) is 0 Å². The second-order valence-electron chi connectivity index (χ2n) is 20.2. The molecule has 5 aromatic carbocycles. The lowest BCUT2D eigenvalue weighted by atomic mass is 9.85. The Hall–Kier alpha value is -5.48. The van der Waals surface area contributed by atoms with Crippen molar-refractivity contribution in [3.8, 4) is 22.4 Å². The molecule has 0 fully saturated rings. The third kappa shape index (κ3) is 8.65. The van der Waals surface area contributed by atoms with Crippen LogP contribution in [0.1, 0.15) is 128 Å². The number of allylic oxidation sites excluding steroid dienone is 2. The summed E-state index contributed by atoms with van der Waals surface area (Å²) in [6, 6.07) is 47.6. The molecule has 0 N–H and O–H groups in total. The van der Waals surface area contributed by atoms with Crippen LogP contribution < -0.4 is 0 Å². The van der Waals surface area contributed by atoms with E-state index in [9.17, 15) is 0 Å². The topological polar surface area (TPSA) is 17.3 Å². The van der Waals surface area contributed by atoms with Gasteiger partial charge in [0.05, 0.1) is 11.4 Å². The van der Waals surface area contributed by atoms with Crippen LogP contribution in [0.25, 0.3) is 33.5 Å². The smallest absolute Gasteiger partial charge is 0.357 e. The molecule has 2 nitrogen and oxygen atoms in total. The molecule has 4 heteroatoms. The number of aliphatic imine (C=N–C) groups is 1. The first-order chi connectivity index (χ1) is 27.7. The molecule has 7 rings (SSSR count). The Labute approximate surface area is 354 Å². The van der Waals surface area contributed by atoms with Crippen LogP contribution in [0.15, 0.2) is 150 Å². The molecule has 299 valence electrons. The number of nitrogens with zero attached hydrogens (tertiary/aromatic N) is 2. The van der Waals surface area contributed by atoms with E-state index in [0.717, 1.165) is 75.0 Å². The third-order valence-electron chi connectivity index (χ3n) is 11.7. The van der Waals surface area contributed by atoms with Gasteiger partial charge < -0.3 is 8.79 Å². The van der Waals surface area contributed by atoms with Crippen LogP contribution in [-0.2, 0) is 21.7 Å². The van der Waals surface area contributed by atoms with Gasteiger partial charge in [0.15, 0.2) is 0 Å². The highest BCUT2D eigenvalue weighted by Crippen LogP contribution is 2.45. The summed E-state index contributed by atoms with van der Waals surface area (Å²) < 4.78 is 17.9. The van der Waals surface area contributed by atoms with E-state index in [1.54, 1.807) is 4.48 Å². The van der Waals surface area contributed by atoms with Crippen LogP contribution >= 0.6 is 0 Å². The Kier molecular flexibility index (Phi) is 11.0. The van der Waals surface area contributed by atoms with Crippen LogP contribution in [0.5, 0.6) is 0 Å². The number of hydrogen-bond acceptors (Lipinski definition) is 1. The molecule has 0 saturated carbocycles. The highest BCUT2D eigenvalue weighted by molar-refractivity contribution is 6.28. The van der Waals surface area contributed by atoms with Gasteiger partial charge >= 0.3 is 7.69 Å². The molecule has 0 amide bonds. The number of hydrogen-bond donors (Lipinski definition) is 0. The summed E-state index contributed by atoms with van der Waals surface area (Å²) in [5, 5.41) is 0. The van der Waals surface area contributed by atoms with E-state index < -0.39 is 0 Å². The Morgan fingerprint density at radius 2 is 0.898 bits per heavy atom. The van der Waals surface area contributed by atoms with E-state index >= 15 is 4.32 Å². The predicted molar refractivity (Wildman–Crippen MR) is 252 cm³/mol. The van der Waals surface area contributed by atoms with E-state index in [1.807, 2.05) is 6.07 Å². The van der Waals surface area contributed by atoms with Crippen molar-refractivity contribution < 1.29 is 4.32 Å². The zero-order valence-corrected chi connectivity index (χ0v) is 37.1. The number of aromatic nitrogens is 1. The van der Waals surface area contributed by atoms with Gasteiger partial charge in [-0.1, -0.05) is 210 Å². The van der Waals surface area contributed by atoms with E-state index in [-0.39, 0.29) is 21.7 Å². The van der Waals surface area contributed by atoms with Gasteiger partial charge in [0.1, 0.15) is 0 Å². The molecule has 1 aromatic heterocycles. The molecule has 0 spiro atoms. The molecule has 1 aliphatic rings. The summed E-state index contributed by atoms with van der Waals surface area (Å²) in [5.74, 6) is 0. The average Bonchev–Trinajstić information content (AvgIpc) is 3.80. The molecule has 0 saturated heterocycles. The SMILES string of the molecule is CC(C)(C)c1ccc(C2=CC(c3ccc(C(C)(C)C)cc3)=N/C2=C(/c2ccccc2)c2c(-c3ccc(C(C)(C)C)cc3)cc(-c3ccc(C(C)(C)C)cc3)n2[B]F)cc1. The normalized spacial score (nSPS) is 14.6. The molecule has 6 aromatic rings. The lowest BCUT2D eigenvalue weighted by Crippen LogP contribution is -2.12. The van der Waals surface area contributed by atoms with Crippen molar-refractivity contribution in [1.82, 2.24) is 4.48 Å². The van der Waals surface area contributed by atoms with Crippen molar-refractivity contribution in [3.63, 3.8) is 0 Å². The van der Waals surface area contributed by atoms with Crippen LogP contribution in [0.3, 0.4) is 0 Å². The molecular formula is C55H59BFN2. The van der Waals surface area contributed by atoms with Crippen LogP contribution in [0.2, 0.25) is 0 Å². The number of halogens is 1. The molecule has 0 atom stereocenters. The Balaban J connectivity index is 1.56. The van der Waals surface area contributed by atoms with Crippen molar-refractivity contribution in [1.29, 1.82) is 0 Å². The summed E-state index contributed by atoms with van der Waals surface area (Å²) in [6.07, 6.45) is 2.22. The summed E-state index contributed by atoms with van der Waals surface area (Å²) in [6.45, 7) is 26.8. The zero-order chi connectivity index (χ0) is 42.5. The number of benzene rings is 5. The first kappa shape index (κ1) is 41.7. The van der Waals surface area contributed by atoms with Gasteiger partial charge in [-0.25, -0.2) is 4.99 Å². The van der Waals surface area contributed by atoms with Crippen LogP contribution in [0.4, 0.5) is 4.32 Å². The fourth-order valence-electron chi connectivity index (χ4n) is 7.87. The largest absolute Gasteiger partial charge is 0.495 e. The minimum absolute atomic E-state index is 0.00360. The minimum Gasteiger partial charge on any atom is -0.357 e. The van der Waals surface area contributed by atoms with E-state index in [1.165, 1.54) is 22.3 Å². The number of rotatable bonds is 7. The Morgan fingerprint density at radius 3 is 1.32 bits per heavy atom. The summed E-state index contributed by atoms with van der Waals surface area (Å²) in [4.78, 5) is 5.56. The molecule has 59 heavy (non-hydrogen) atoms. The molecule has 2 heterocycles. The maximum Gasteiger partial charge on any atom is 0.495 e. The first-order valence-corrected chi connectivity index (χ1v) is 21.0. The standard InChI is InChI=1S/C55H59BFN2/c1-52(2,3)41-26-18-36(19-27-41)45-34-47(38-22-30-43(31-23-38)54(7,8)9)58-50(45)49(40-16-14-13-15-17-40)51-46(37-20-28-42(29-21-37)53(4,5)6)35-48(59(51)56-57)39-24-32-44(33-25-39)55(10,11)12/h13-35H,1-12H3/b50-49-. The highest BCUT2D eigenvalue weighted by atomic mass is 19.1. The van der Waals surface area contributed by atoms with Gasteiger partial charge in [0.25, 0.3) is 0 Å². The molecule has 0 aliphatic carbocycles. The lowest BCUT2D eigenvalue weighted by Gasteiger charge is -2.21. The van der Waals surface area contributed by atoms with Crippen molar-refractivity contribution in [2.45, 2.75) is 105 Å². The fourth-order valence-corrected chi connectivity index (χ4v) is 7.87. The van der Waals surface area contributed by atoms with Crippen molar-refractivity contribution in [3.05, 3.63) is 190 Å². The van der Waals surface area contributed by atoms with Gasteiger partial charge in [-0.3, -0.25) is 0 Å². The summed E-state index contributed by atoms with van der Waals surface area (Å²) in [7, 11) is 0.727. The molecular weight excluding hydrogens is 718 g/mol. The van der Waals surface area contributed by atoms with E-state index in [4.69, 9.17) is 4.99 Å². The molecule has 0 unspecified atom stereocenters. The fraction of sp³-hybridized carbons (Fsp3) is 0.291. The second kappa shape index (κ2) is 15.6. The van der Waals surface area contributed by atoms with Crippen molar-refractivity contribution in [2.75, 3.05) is 0 Å². The second-order valence-corrected chi connectivity index (χ2v) is 20.2. The van der Waals surface area contributed by atoms with E-state index in [0.29, 0.717) is 0 Å². The highest BCUT2D eigenvalue weighted by Gasteiger charge is 2.30. The Morgan fingerprint density at radius 1 is 0.492 bits per heavy atom. The van der Waals surface area contributed by atoms with Gasteiger partial charge in [0, 0.05) is 33.7 Å². The quantitative estimate of drug-likeness (QED) is 0.144. The van der Waals surface area contributed by atoms with Gasteiger partial charge in [-0.15, -0.1) is 0 Å². The summed E-state index contributed by atoms with van der Waals surface area (Å²) in [5.41, 5.74) is 16.0. The molecule has 0 bridgehead atoms. The predicted octanol–water partition coefficient (Wildman–Crippen LogP) is 14.7. The molecule has 1 aliphatic heterocycles. The average molecular weight is 778 g/mol. The zero-order valence-electron chi connectivity index (χ0n) is 37.1. The van der Waals surface area contributed by atoms with Crippen LogP contribution in [-0.4, -0.2) is 17.9 Å². The third-order valence-corrected chi connectivity index (χ3v) is 11.7. The van der Waals surface area contributed by atoms with Crippen molar-refractivity contribution in [2.24, 2.45) is 4.99 Å². The minimum atomic E-state index is -0.0145. The van der Waals surface area contributed by atoms with Gasteiger partial charge in [-0.2, -0.15) is 0 Å².